The van der Waals surface area contributed by atoms with E-state index in [1.807, 2.05) is 62.4 Å². The average molecular weight is 1530 g/mol. The summed E-state index contributed by atoms with van der Waals surface area (Å²) in [6, 6.07) is 32.3. The number of nitrogens with zero attached hydrogens (tertiary/aromatic N) is 10. The number of imidazole rings is 1. The van der Waals surface area contributed by atoms with E-state index in [1.165, 1.54) is 35.4 Å². The number of phosphoric ester groups is 1. The van der Waals surface area contributed by atoms with Gasteiger partial charge in [-0.2, -0.15) is 0 Å². The van der Waals surface area contributed by atoms with Crippen molar-refractivity contribution in [2.45, 2.75) is 96.5 Å². The van der Waals surface area contributed by atoms with Crippen LogP contribution in [0.5, 0.6) is 5.75 Å². The minimum Gasteiger partial charge on any atom is -0.494 e. The molecule has 3 fully saturated rings. The monoisotopic (exact) mass is 1530 g/mol. The first-order valence-electron chi connectivity index (χ1n) is 36.1. The largest absolute Gasteiger partial charge is 0.494 e. The average Bonchev–Trinajstić information content (AvgIpc) is 1.60. The summed E-state index contributed by atoms with van der Waals surface area (Å²) >= 11 is 0. The second-order valence-corrected chi connectivity index (χ2v) is 27.9. The van der Waals surface area contributed by atoms with E-state index in [-0.39, 0.29) is 124 Å². The van der Waals surface area contributed by atoms with Gasteiger partial charge >= 0.3 is 31.8 Å². The number of pyridine rings is 3. The predicted molar refractivity (Wildman–Crippen MR) is 402 cm³/mol. The first-order valence-corrected chi connectivity index (χ1v) is 37.5. The number of ketones is 1. The van der Waals surface area contributed by atoms with Gasteiger partial charge in [0.2, 0.25) is 5.91 Å². The van der Waals surface area contributed by atoms with Gasteiger partial charge in [0.1, 0.15) is 52.7 Å². The molecule has 5 atom stereocenters. The Labute approximate surface area is 639 Å². The van der Waals surface area contributed by atoms with E-state index < -0.39 is 56.4 Å². The number of rotatable bonds is 30. The molecule has 0 bridgehead atoms. The minimum atomic E-state index is -4.45. The molecule has 3 saturated heterocycles. The zero-order valence-corrected chi connectivity index (χ0v) is 62.0. The van der Waals surface area contributed by atoms with Crippen LogP contribution in [0.3, 0.4) is 0 Å². The van der Waals surface area contributed by atoms with Gasteiger partial charge in [0, 0.05) is 125 Å². The third kappa shape index (κ3) is 24.6. The molecule has 8 N–H and O–H groups in total. The van der Waals surface area contributed by atoms with Gasteiger partial charge in [0.25, 0.3) is 0 Å². The standard InChI is InChI=1S/C79H84N13O18P/c1-52-9-13-54(14-10-52)17-20-57-40-60(86-65(43-57)76(95)96)46-89-29-30-90(47-61-41-58(44-66(87-61)77(97)98)21-18-55-15-11-53(2)12-16-55)32-34-91(33-31-89)48-62-42-59(45-67(88-62)78(99)100)22-19-56-23-25-64(26-24-56)106-35-4-3-6-63(93)7-5-8-69(94)81-27-36-104-38-39-105-37-28-82-79(101)109-72-71-68(49-107-111(102,103)110-71)108-75(72)92-51-85-70-73(80)83-50-84-74(70)92/h9-16,23-26,40-45,50-51,68,71-72,75H,3-8,27-39,46-49H2,1-2H3,(H,81,94)(H,82,101)(H,95,96)(H,97,98)(H,99,100)(H,102,103)(H2,80,83,84). The molecule has 32 heteroatoms. The molecule has 8 aromatic rings. The Morgan fingerprint density at radius 1 is 0.568 bits per heavy atom. The van der Waals surface area contributed by atoms with E-state index in [0.29, 0.717) is 117 Å². The van der Waals surface area contributed by atoms with Crippen molar-refractivity contribution in [3.8, 4) is 41.3 Å². The van der Waals surface area contributed by atoms with Crippen LogP contribution in [0, 0.1) is 49.4 Å². The number of carbonyl (C=O) groups is 6. The highest BCUT2D eigenvalue weighted by Gasteiger charge is 2.55. The number of carboxylic acid groups (broad SMARTS) is 3. The Morgan fingerprint density at radius 2 is 1.04 bits per heavy atom. The number of amides is 2. The molecule has 3 aromatic carbocycles. The van der Waals surface area contributed by atoms with Gasteiger partial charge < -0.3 is 60.3 Å². The number of hydrogen-bond acceptors (Lipinski definition) is 24. The maximum absolute atomic E-state index is 12.9. The summed E-state index contributed by atoms with van der Waals surface area (Å²) in [5.41, 5.74) is 13.3. The van der Waals surface area contributed by atoms with E-state index in [2.05, 4.69) is 90.8 Å². The first-order chi connectivity index (χ1) is 53.6. The number of nitrogen functional groups attached to an aromatic ring is 1. The summed E-state index contributed by atoms with van der Waals surface area (Å²) < 4.78 is 52.7. The number of carbonyl (C=O) groups excluding carboxylic acids is 3. The lowest BCUT2D eigenvalue weighted by Gasteiger charge is -2.29. The van der Waals surface area contributed by atoms with Gasteiger partial charge in [0.05, 0.1) is 63.1 Å². The number of Topliss-reactive ketones (excluding diaryl/α,β-unsaturated/α-hetero) is 1. The lowest BCUT2D eigenvalue weighted by Crippen LogP contribution is -2.43. The molecule has 11 rings (SSSR count). The molecule has 31 nitrogen and oxygen atoms in total. The zero-order chi connectivity index (χ0) is 78.2. The fraction of sp³-hybridized carbons (Fsp3) is 0.367. The summed E-state index contributed by atoms with van der Waals surface area (Å²) in [7, 11) is -4.45. The van der Waals surface area contributed by atoms with Crippen LogP contribution in [0.2, 0.25) is 0 Å². The molecule has 5 aromatic heterocycles. The number of unbranched alkanes of at least 4 members (excludes halogenated alkanes) is 1. The van der Waals surface area contributed by atoms with E-state index in [4.69, 9.17) is 38.5 Å². The number of ether oxygens (including phenoxy) is 5. The van der Waals surface area contributed by atoms with Crippen molar-refractivity contribution in [1.82, 2.24) is 59.8 Å². The Kier molecular flexibility index (Phi) is 28.6. The summed E-state index contributed by atoms with van der Waals surface area (Å²) in [5, 5.41) is 35.9. The fourth-order valence-electron chi connectivity index (χ4n) is 12.2. The molecule has 0 aliphatic carbocycles. The topological polar surface area (TPSA) is 407 Å². The molecular weight excluding hydrogens is 1450 g/mol. The van der Waals surface area contributed by atoms with Crippen LogP contribution in [0.1, 0.15) is 138 Å². The number of carboxylic acids is 3. The number of benzene rings is 3. The van der Waals surface area contributed by atoms with Gasteiger partial charge in [-0.05, 0) is 118 Å². The van der Waals surface area contributed by atoms with Crippen LogP contribution < -0.4 is 21.1 Å². The third-order valence-electron chi connectivity index (χ3n) is 17.9. The quantitative estimate of drug-likeness (QED) is 0.0136. The van der Waals surface area contributed by atoms with Crippen LogP contribution >= 0.6 is 7.82 Å². The molecule has 0 spiro atoms. The molecule has 5 unspecified atom stereocenters. The molecule has 0 saturated carbocycles. The molecular formula is C79H84N13O18P. The van der Waals surface area contributed by atoms with Crippen LogP contribution in [0.25, 0.3) is 11.2 Å². The number of aromatic nitrogens is 7. The lowest BCUT2D eigenvalue weighted by molar-refractivity contribution is -0.122. The van der Waals surface area contributed by atoms with Crippen molar-refractivity contribution in [3.63, 3.8) is 0 Å². The van der Waals surface area contributed by atoms with E-state index >= 15 is 0 Å². The van der Waals surface area contributed by atoms with Crippen molar-refractivity contribution in [2.24, 2.45) is 0 Å². The summed E-state index contributed by atoms with van der Waals surface area (Å²) in [6.45, 7) is 8.82. The molecule has 8 heterocycles. The second-order valence-electron chi connectivity index (χ2n) is 26.5. The van der Waals surface area contributed by atoms with Crippen LogP contribution in [-0.4, -0.2) is 215 Å². The van der Waals surface area contributed by atoms with Crippen molar-refractivity contribution in [1.29, 1.82) is 0 Å². The van der Waals surface area contributed by atoms with E-state index in [0.717, 1.165) is 22.3 Å². The summed E-state index contributed by atoms with van der Waals surface area (Å²) in [4.78, 5) is 118. The number of nitrogens with one attached hydrogen (secondary N) is 2. The molecule has 111 heavy (non-hydrogen) atoms. The maximum atomic E-state index is 12.9. The van der Waals surface area contributed by atoms with Gasteiger partial charge in [0.15, 0.2) is 23.8 Å². The van der Waals surface area contributed by atoms with Crippen molar-refractivity contribution in [2.75, 3.05) is 97.7 Å². The Hall–Kier alpha value is -11.4. The molecule has 3 aliphatic heterocycles. The zero-order valence-electron chi connectivity index (χ0n) is 61.1. The van der Waals surface area contributed by atoms with Crippen LogP contribution in [0.4, 0.5) is 10.6 Å². The normalized spacial score (nSPS) is 17.9. The third-order valence-corrected chi connectivity index (χ3v) is 18.9. The van der Waals surface area contributed by atoms with Gasteiger partial charge in [-0.1, -0.05) is 70.9 Å². The second kappa shape index (κ2) is 39.3. The Bertz CT molecular complexity index is 4760. The van der Waals surface area contributed by atoms with Gasteiger partial charge in [-0.15, -0.1) is 0 Å². The summed E-state index contributed by atoms with van der Waals surface area (Å²) in [6.07, 6.45) is -0.166. The number of alkyl carbamates (subject to hydrolysis) is 1. The molecule has 3 aliphatic rings. The van der Waals surface area contributed by atoms with Crippen LogP contribution in [-0.2, 0) is 61.8 Å². The van der Waals surface area contributed by atoms with Crippen molar-refractivity contribution >= 4 is 60.5 Å². The smallest absolute Gasteiger partial charge is 0.472 e. The number of hydrogen-bond donors (Lipinski definition) is 7. The highest BCUT2D eigenvalue weighted by Crippen LogP contribution is 2.53. The van der Waals surface area contributed by atoms with Gasteiger partial charge in [-0.25, -0.2) is 53.6 Å². The van der Waals surface area contributed by atoms with Crippen LogP contribution in [0.15, 0.2) is 122 Å². The Morgan fingerprint density at radius 3 is 1.53 bits per heavy atom. The number of aryl methyl sites for hydroxylation is 2. The minimum absolute atomic E-state index is 0.0468. The Balaban J connectivity index is 0.602. The first kappa shape index (κ1) is 80.6. The predicted octanol–water partition coefficient (Wildman–Crippen LogP) is 6.97. The van der Waals surface area contributed by atoms with Crippen molar-refractivity contribution in [3.05, 3.63) is 201 Å². The SMILES string of the molecule is Cc1ccc(C#Cc2cc(CN3CCN(Cc4cc(C#Cc5ccc(C)cc5)cc(C(=O)O)n4)CCN(Cc4cc(C#Cc5ccc(OCCCCC(=O)CCCC(=O)NCCOCCOCCNC(=O)OC6C7OP(=O)(O)OCC7OC6n6cnc7c(N)ncnc76)cc5)cc(C(=O)O)n4)CC3)nc(C(=O)O)c2)cc1. The molecule has 0 radical (unpaired) electrons. The highest BCUT2D eigenvalue weighted by molar-refractivity contribution is 7.47. The highest BCUT2D eigenvalue weighted by atomic mass is 31.2. The molecule has 578 valence electrons. The van der Waals surface area contributed by atoms with E-state index in [9.17, 15) is 53.5 Å². The van der Waals surface area contributed by atoms with E-state index in [1.54, 1.807) is 42.5 Å². The maximum Gasteiger partial charge on any atom is 0.472 e. The number of phosphoric acid groups is 1. The number of fused-ring (bicyclic) bond motifs is 2. The number of nitrogens with two attached hydrogens (primary N) is 1. The summed E-state index contributed by atoms with van der Waals surface area (Å²) in [5.74, 6) is 15.7. The van der Waals surface area contributed by atoms with Crippen molar-refractivity contribution < 1.29 is 86.3 Å². The molecule has 2 amide bonds. The number of anilines is 1. The number of aromatic carboxylic acids is 3. The lowest BCUT2D eigenvalue weighted by atomic mass is 10.1. The van der Waals surface area contributed by atoms with Gasteiger partial charge in [-0.3, -0.25) is 37.9 Å². The fourth-order valence-corrected chi connectivity index (χ4v) is 13.2.